The van der Waals surface area contributed by atoms with E-state index in [0.29, 0.717) is 35.1 Å². The summed E-state index contributed by atoms with van der Waals surface area (Å²) in [4.78, 5) is 0. The van der Waals surface area contributed by atoms with Crippen molar-refractivity contribution in [3.05, 3.63) is 0 Å². The molecule has 0 aromatic heterocycles. The van der Waals surface area contributed by atoms with Crippen molar-refractivity contribution in [2.75, 3.05) is 54.4 Å². The minimum atomic E-state index is -0.437. The summed E-state index contributed by atoms with van der Waals surface area (Å²) >= 11 is 0. The number of hydrogen-bond donors (Lipinski definition) is 3. The molecule has 3 N–H and O–H groups in total. The number of likely N-dealkylation sites (N-methyl/N-ethyl adjacent to an activating group) is 2. The molecule has 5 heteroatoms. The first kappa shape index (κ1) is 19.8. The Bertz CT molecular complexity index is 244. The molecule has 0 aliphatic carbocycles. The summed E-state index contributed by atoms with van der Waals surface area (Å²) in [5.41, 5.74) is 0. The van der Waals surface area contributed by atoms with Gasteiger partial charge in [-0.1, -0.05) is 13.8 Å². The average Bonchev–Trinajstić information content (AvgIpc) is 2.25. The van der Waals surface area contributed by atoms with Gasteiger partial charge in [0, 0.05) is 0 Å². The third-order valence-electron chi connectivity index (χ3n) is 3.76. The van der Waals surface area contributed by atoms with Crippen LogP contribution in [0.1, 0.15) is 26.7 Å². The summed E-state index contributed by atoms with van der Waals surface area (Å²) < 4.78 is 1.21. The van der Waals surface area contributed by atoms with Gasteiger partial charge in [0.2, 0.25) is 0 Å². The molecule has 0 spiro atoms. The van der Waals surface area contributed by atoms with Crippen LogP contribution in [0.25, 0.3) is 0 Å². The van der Waals surface area contributed by atoms with Gasteiger partial charge in [-0.15, -0.1) is 0 Å². The van der Waals surface area contributed by atoms with E-state index >= 15 is 0 Å². The van der Waals surface area contributed by atoms with Crippen LogP contribution in [-0.4, -0.2) is 97.0 Å². The second kappa shape index (κ2) is 8.29. The van der Waals surface area contributed by atoms with Crippen molar-refractivity contribution in [3.63, 3.8) is 0 Å². The predicted molar refractivity (Wildman–Crippen MR) is 82.3 cm³/mol. The fourth-order valence-corrected chi connectivity index (χ4v) is 2.75. The maximum Gasteiger partial charge on any atom is 0.152 e. The number of quaternary nitrogens is 2. The normalized spacial score (nSPS) is 17.9. The molecular weight excluding hydrogens is 256 g/mol. The Hall–Kier alpha value is -0.200. The average molecular weight is 292 g/mol. The summed E-state index contributed by atoms with van der Waals surface area (Å²) in [5, 5.41) is 29.8. The van der Waals surface area contributed by atoms with Crippen LogP contribution >= 0.6 is 0 Å². The van der Waals surface area contributed by atoms with Crippen molar-refractivity contribution in [1.82, 2.24) is 0 Å². The van der Waals surface area contributed by atoms with Gasteiger partial charge in [-0.3, -0.25) is 0 Å². The van der Waals surface area contributed by atoms with E-state index in [4.69, 9.17) is 0 Å². The lowest BCUT2D eigenvalue weighted by Gasteiger charge is -2.37. The molecule has 0 saturated heterocycles. The molecule has 0 amide bonds. The van der Waals surface area contributed by atoms with Gasteiger partial charge in [0.1, 0.15) is 38.4 Å². The molecule has 2 atom stereocenters. The fourth-order valence-electron chi connectivity index (χ4n) is 2.75. The molecule has 5 nitrogen and oxygen atoms in total. The molecule has 122 valence electrons. The Morgan fingerprint density at radius 2 is 0.850 bits per heavy atom. The van der Waals surface area contributed by atoms with Gasteiger partial charge in [-0.05, 0) is 12.8 Å². The van der Waals surface area contributed by atoms with Gasteiger partial charge in [0.15, 0.2) is 6.10 Å². The molecule has 0 fully saturated rings. The van der Waals surface area contributed by atoms with E-state index in [2.05, 4.69) is 0 Å². The summed E-state index contributed by atoms with van der Waals surface area (Å²) in [5.74, 6) is 0. The Labute approximate surface area is 124 Å². The molecular formula is C15H36N2O3+2. The molecule has 0 radical (unpaired) electrons. The van der Waals surface area contributed by atoms with Crippen molar-refractivity contribution in [2.45, 2.75) is 45.0 Å². The number of nitrogens with zero attached hydrogens (tertiary/aromatic N) is 2. The highest BCUT2D eigenvalue weighted by Gasteiger charge is 2.29. The molecule has 0 heterocycles. The van der Waals surface area contributed by atoms with Gasteiger partial charge < -0.3 is 24.3 Å². The summed E-state index contributed by atoms with van der Waals surface area (Å²) in [7, 11) is 8.12. The van der Waals surface area contributed by atoms with E-state index in [9.17, 15) is 15.3 Å². The largest absolute Gasteiger partial charge is 0.387 e. The van der Waals surface area contributed by atoms with Gasteiger partial charge in [0.05, 0.1) is 28.2 Å². The highest BCUT2D eigenvalue weighted by molar-refractivity contribution is 4.58. The molecule has 0 aromatic carbocycles. The van der Waals surface area contributed by atoms with E-state index in [1.807, 2.05) is 42.0 Å². The van der Waals surface area contributed by atoms with Crippen molar-refractivity contribution in [2.24, 2.45) is 0 Å². The molecule has 20 heavy (non-hydrogen) atoms. The molecule has 0 bridgehead atoms. The Balaban J connectivity index is 4.35. The van der Waals surface area contributed by atoms with Crippen LogP contribution in [0.2, 0.25) is 0 Å². The van der Waals surface area contributed by atoms with E-state index in [0.717, 1.165) is 12.8 Å². The fraction of sp³-hybridized carbons (Fsp3) is 1.00. The summed E-state index contributed by atoms with van der Waals surface area (Å²) in [6.45, 7) is 6.46. The Morgan fingerprint density at radius 1 is 0.600 bits per heavy atom. The highest BCUT2D eigenvalue weighted by Crippen LogP contribution is 2.09. The van der Waals surface area contributed by atoms with E-state index in [1.165, 1.54) is 0 Å². The van der Waals surface area contributed by atoms with Gasteiger partial charge in [0.25, 0.3) is 0 Å². The molecule has 0 aromatic rings. The van der Waals surface area contributed by atoms with E-state index < -0.39 is 6.10 Å². The molecule has 0 saturated carbocycles. The summed E-state index contributed by atoms with van der Waals surface area (Å²) in [6.07, 6.45) is 0.403. The zero-order valence-corrected chi connectivity index (χ0v) is 14.2. The minimum Gasteiger partial charge on any atom is -0.387 e. The van der Waals surface area contributed by atoms with Crippen LogP contribution in [0.5, 0.6) is 0 Å². The molecule has 0 rings (SSSR count). The molecule has 2 unspecified atom stereocenters. The second-order valence-electron chi connectivity index (χ2n) is 7.38. The first-order valence-corrected chi connectivity index (χ1v) is 7.69. The van der Waals surface area contributed by atoms with Crippen molar-refractivity contribution < 1.29 is 24.3 Å². The van der Waals surface area contributed by atoms with E-state index in [1.54, 1.807) is 0 Å². The summed E-state index contributed by atoms with van der Waals surface area (Å²) in [6, 6.07) is 0. The lowest BCUT2D eigenvalue weighted by molar-refractivity contribution is -0.917. The molecule has 0 aliphatic heterocycles. The van der Waals surface area contributed by atoms with Crippen LogP contribution in [0, 0.1) is 0 Å². The lowest BCUT2D eigenvalue weighted by atomic mass is 10.2. The molecule has 0 aliphatic rings. The highest BCUT2D eigenvalue weighted by atomic mass is 16.3. The lowest BCUT2D eigenvalue weighted by Crippen LogP contribution is -2.55. The van der Waals surface area contributed by atoms with Crippen LogP contribution in [0.4, 0.5) is 0 Å². The minimum absolute atomic E-state index is 0.318. The third kappa shape index (κ3) is 8.87. The third-order valence-corrected chi connectivity index (χ3v) is 3.76. The number of hydrogen-bond acceptors (Lipinski definition) is 3. The van der Waals surface area contributed by atoms with E-state index in [-0.39, 0.29) is 12.2 Å². The van der Waals surface area contributed by atoms with Crippen LogP contribution in [0.3, 0.4) is 0 Å². The predicted octanol–water partition coefficient (Wildman–Crippen LogP) is 0.0419. The van der Waals surface area contributed by atoms with Crippen LogP contribution < -0.4 is 0 Å². The topological polar surface area (TPSA) is 60.7 Å². The van der Waals surface area contributed by atoms with Gasteiger partial charge >= 0.3 is 0 Å². The SMILES string of the molecule is CCC(O)C[N+](C)(C)CC(O)C[N+](C)(C)CC(O)CC. The van der Waals surface area contributed by atoms with Crippen molar-refractivity contribution in [3.8, 4) is 0 Å². The maximum atomic E-state index is 10.3. The van der Waals surface area contributed by atoms with Gasteiger partial charge in [-0.2, -0.15) is 0 Å². The van der Waals surface area contributed by atoms with Crippen molar-refractivity contribution in [1.29, 1.82) is 0 Å². The smallest absolute Gasteiger partial charge is 0.152 e. The monoisotopic (exact) mass is 292 g/mol. The first-order valence-electron chi connectivity index (χ1n) is 7.69. The zero-order valence-electron chi connectivity index (χ0n) is 14.2. The first-order chi connectivity index (χ1) is 9.01. The zero-order chi connectivity index (χ0) is 16.0. The quantitative estimate of drug-likeness (QED) is 0.498. The van der Waals surface area contributed by atoms with Crippen molar-refractivity contribution >= 4 is 0 Å². The standard InChI is InChI=1S/C15H36N2O3/c1-7-13(18)9-16(3,4)11-15(20)12-17(5,6)10-14(19)8-2/h13-15,18-20H,7-12H2,1-6H3/q+2. The van der Waals surface area contributed by atoms with Crippen LogP contribution in [-0.2, 0) is 0 Å². The number of aliphatic hydroxyl groups is 3. The maximum absolute atomic E-state index is 10.3. The van der Waals surface area contributed by atoms with Crippen LogP contribution in [0.15, 0.2) is 0 Å². The Kier molecular flexibility index (Phi) is 8.21. The number of aliphatic hydroxyl groups excluding tert-OH is 3. The Morgan fingerprint density at radius 3 is 1.10 bits per heavy atom. The van der Waals surface area contributed by atoms with Gasteiger partial charge in [-0.25, -0.2) is 0 Å². The number of rotatable bonds is 10. The second-order valence-corrected chi connectivity index (χ2v) is 7.38.